The van der Waals surface area contributed by atoms with Crippen LogP contribution in [-0.2, 0) is 13.2 Å². The zero-order chi connectivity index (χ0) is 8.69. The van der Waals surface area contributed by atoms with Crippen LogP contribution in [0.3, 0.4) is 0 Å². The predicted octanol–water partition coefficient (Wildman–Crippen LogP) is 0.469. The van der Waals surface area contributed by atoms with Crippen LogP contribution in [0.2, 0.25) is 0 Å². The summed E-state index contributed by atoms with van der Waals surface area (Å²) in [7, 11) is 0. The third-order valence-electron chi connectivity index (χ3n) is 0.461. The smallest absolute Gasteiger partial charge is 0.315 e. The molecule has 0 aromatic rings. The zero-order valence-corrected chi connectivity index (χ0v) is 6.98. The van der Waals surface area contributed by atoms with Crippen LogP contribution in [0.25, 0.3) is 0 Å². The molecule has 0 aromatic carbocycles. The number of carbonyl (C=O) groups is 2. The van der Waals surface area contributed by atoms with Crippen LogP contribution in [0.1, 0.15) is 0 Å². The maximum atomic E-state index is 9.87. The molecule has 0 bridgehead atoms. The summed E-state index contributed by atoms with van der Waals surface area (Å²) in [5, 5.41) is 16.2. The first-order valence-electron chi connectivity index (χ1n) is 2.47. The Kier molecular flexibility index (Phi) is 6.09. The molecule has 11 heavy (non-hydrogen) atoms. The highest BCUT2D eigenvalue weighted by molar-refractivity contribution is 8.08. The Balaban J connectivity index is 3.03. The van der Waals surface area contributed by atoms with E-state index in [9.17, 15) is 9.59 Å². The van der Waals surface area contributed by atoms with Gasteiger partial charge in [0.05, 0.1) is 0 Å². The van der Waals surface area contributed by atoms with Gasteiger partial charge in [-0.1, -0.05) is 0 Å². The topological polar surface area (TPSA) is 83.8 Å². The Hall–Kier alpha value is -0.400. The number of carboxylic acid groups (broad SMARTS) is 2. The zero-order valence-electron chi connectivity index (χ0n) is 5.35. The van der Waals surface area contributed by atoms with E-state index < -0.39 is 11.9 Å². The SMILES string of the molecule is O=C(O)CSOSCC(=O)O. The molecule has 0 heterocycles. The Morgan fingerprint density at radius 3 is 1.73 bits per heavy atom. The van der Waals surface area contributed by atoms with Crippen LogP contribution < -0.4 is 0 Å². The number of hydrogen-bond donors (Lipinski definition) is 2. The molecule has 0 aliphatic carbocycles. The van der Waals surface area contributed by atoms with E-state index in [4.69, 9.17) is 10.2 Å². The highest BCUT2D eigenvalue weighted by Crippen LogP contribution is 2.13. The average molecular weight is 198 g/mol. The van der Waals surface area contributed by atoms with Crippen molar-refractivity contribution < 1.29 is 23.4 Å². The molecule has 0 aliphatic heterocycles. The fourth-order valence-electron chi connectivity index (χ4n) is 0.183. The molecule has 0 radical (unpaired) electrons. The molecule has 0 spiro atoms. The van der Waals surface area contributed by atoms with Crippen molar-refractivity contribution in [2.75, 3.05) is 11.5 Å². The lowest BCUT2D eigenvalue weighted by molar-refractivity contribution is -0.134. The van der Waals surface area contributed by atoms with E-state index in [1.165, 1.54) is 0 Å². The van der Waals surface area contributed by atoms with Gasteiger partial charge in [-0.2, -0.15) is 0 Å². The first kappa shape index (κ1) is 10.6. The van der Waals surface area contributed by atoms with Crippen LogP contribution in [0.4, 0.5) is 0 Å². The van der Waals surface area contributed by atoms with Crippen molar-refractivity contribution >= 4 is 36.0 Å². The molecule has 0 amide bonds. The van der Waals surface area contributed by atoms with Crippen LogP contribution in [0.5, 0.6) is 0 Å². The molecule has 0 aromatic heterocycles. The van der Waals surface area contributed by atoms with Crippen LogP contribution in [-0.4, -0.2) is 33.7 Å². The van der Waals surface area contributed by atoms with Gasteiger partial charge < -0.3 is 10.2 Å². The standard InChI is InChI=1S/C4H6O5S2/c5-3(6)1-10-9-11-2-4(7)8/h1-2H2,(H,5,6)(H,7,8). The lowest BCUT2D eigenvalue weighted by atomic mass is 10.8. The number of hydrogen-bond acceptors (Lipinski definition) is 5. The quantitative estimate of drug-likeness (QED) is 0.474. The highest BCUT2D eigenvalue weighted by atomic mass is 32.2. The minimum absolute atomic E-state index is 0.188. The molecule has 0 atom stereocenters. The van der Waals surface area contributed by atoms with Gasteiger partial charge in [0, 0.05) is 24.1 Å². The first-order valence-corrected chi connectivity index (χ1v) is 4.29. The molecule has 5 nitrogen and oxygen atoms in total. The van der Waals surface area contributed by atoms with Crippen LogP contribution in [0.15, 0.2) is 0 Å². The maximum absolute atomic E-state index is 9.87. The summed E-state index contributed by atoms with van der Waals surface area (Å²) in [6.45, 7) is 0. The fraction of sp³-hybridized carbons (Fsp3) is 0.500. The lowest BCUT2D eigenvalue weighted by Crippen LogP contribution is -1.99. The molecule has 64 valence electrons. The Morgan fingerprint density at radius 2 is 1.45 bits per heavy atom. The number of rotatable bonds is 6. The molecule has 7 heteroatoms. The van der Waals surface area contributed by atoms with E-state index in [1.54, 1.807) is 0 Å². The van der Waals surface area contributed by atoms with E-state index in [0.717, 1.165) is 0 Å². The van der Waals surface area contributed by atoms with Gasteiger partial charge in [0.1, 0.15) is 11.5 Å². The summed E-state index contributed by atoms with van der Waals surface area (Å²) in [6, 6.07) is 0. The minimum atomic E-state index is -0.995. The summed E-state index contributed by atoms with van der Waals surface area (Å²) in [5.41, 5.74) is 0. The molecule has 0 aliphatic rings. The summed E-state index contributed by atoms with van der Waals surface area (Å²) in [5.74, 6) is -2.36. The second-order valence-corrected chi connectivity index (χ2v) is 2.97. The Morgan fingerprint density at radius 1 is 1.09 bits per heavy atom. The molecule has 0 saturated carbocycles. The van der Waals surface area contributed by atoms with Crippen molar-refractivity contribution in [1.29, 1.82) is 0 Å². The lowest BCUT2D eigenvalue weighted by Gasteiger charge is -1.94. The molecule has 2 N–H and O–H groups in total. The largest absolute Gasteiger partial charge is 0.481 e. The van der Waals surface area contributed by atoms with Gasteiger partial charge in [-0.25, -0.2) is 3.63 Å². The average Bonchev–Trinajstić information content (AvgIpc) is 1.85. The molecule has 0 rings (SSSR count). The van der Waals surface area contributed by atoms with E-state index in [2.05, 4.69) is 3.63 Å². The van der Waals surface area contributed by atoms with Crippen molar-refractivity contribution in [2.45, 2.75) is 0 Å². The van der Waals surface area contributed by atoms with Gasteiger partial charge in [-0.05, 0) is 0 Å². The molecular weight excluding hydrogens is 192 g/mol. The van der Waals surface area contributed by atoms with Gasteiger partial charge in [-0.3, -0.25) is 9.59 Å². The summed E-state index contributed by atoms with van der Waals surface area (Å²) < 4.78 is 4.53. The third-order valence-corrected chi connectivity index (χ3v) is 1.96. The maximum Gasteiger partial charge on any atom is 0.315 e. The number of carboxylic acids is 2. The summed E-state index contributed by atoms with van der Waals surface area (Å²) >= 11 is 1.41. The highest BCUT2D eigenvalue weighted by Gasteiger charge is 2.00. The molecule has 0 saturated heterocycles. The first-order chi connectivity index (χ1) is 5.13. The van der Waals surface area contributed by atoms with Gasteiger partial charge in [0.2, 0.25) is 0 Å². The second kappa shape index (κ2) is 6.32. The van der Waals surface area contributed by atoms with E-state index in [1.807, 2.05) is 0 Å². The second-order valence-electron chi connectivity index (χ2n) is 1.38. The van der Waals surface area contributed by atoms with E-state index >= 15 is 0 Å². The van der Waals surface area contributed by atoms with Crippen LogP contribution in [0, 0.1) is 0 Å². The fourth-order valence-corrected chi connectivity index (χ4v) is 1.04. The summed E-state index contributed by atoms with van der Waals surface area (Å²) in [6.07, 6.45) is 0. The van der Waals surface area contributed by atoms with Crippen molar-refractivity contribution in [3.8, 4) is 0 Å². The summed E-state index contributed by atoms with van der Waals surface area (Å²) in [4.78, 5) is 19.7. The van der Waals surface area contributed by atoms with E-state index in [0.29, 0.717) is 24.1 Å². The predicted molar refractivity (Wildman–Crippen MR) is 41.3 cm³/mol. The van der Waals surface area contributed by atoms with Crippen molar-refractivity contribution in [1.82, 2.24) is 0 Å². The Labute approximate surface area is 71.5 Å². The van der Waals surface area contributed by atoms with Gasteiger partial charge in [-0.15, -0.1) is 0 Å². The normalized spacial score (nSPS) is 9.45. The van der Waals surface area contributed by atoms with Gasteiger partial charge in [0.25, 0.3) is 0 Å². The van der Waals surface area contributed by atoms with Crippen molar-refractivity contribution in [3.63, 3.8) is 0 Å². The van der Waals surface area contributed by atoms with Crippen LogP contribution >= 0.6 is 24.1 Å². The molecule has 0 fully saturated rings. The Bertz CT molecular complexity index is 131. The van der Waals surface area contributed by atoms with Gasteiger partial charge in [0.15, 0.2) is 0 Å². The molecular formula is C4H6O5S2. The number of aliphatic carboxylic acids is 2. The van der Waals surface area contributed by atoms with Crippen molar-refractivity contribution in [3.05, 3.63) is 0 Å². The van der Waals surface area contributed by atoms with Gasteiger partial charge >= 0.3 is 11.9 Å². The van der Waals surface area contributed by atoms with Crippen molar-refractivity contribution in [2.24, 2.45) is 0 Å². The van der Waals surface area contributed by atoms with E-state index in [-0.39, 0.29) is 11.5 Å². The minimum Gasteiger partial charge on any atom is -0.481 e. The third kappa shape index (κ3) is 9.60. The monoisotopic (exact) mass is 198 g/mol. The molecule has 0 unspecified atom stereocenters.